The second-order valence-corrected chi connectivity index (χ2v) is 4.65. The molecular formula is C15H14BO2Rb. The zero-order valence-corrected chi connectivity index (χ0v) is 16.5. The number of rotatable bonds is 2. The molecule has 0 spiro atoms. The first-order valence-electron chi connectivity index (χ1n) is 6.13. The predicted octanol–water partition coefficient (Wildman–Crippen LogP) is -0.0500. The van der Waals surface area contributed by atoms with Crippen LogP contribution in [0.4, 0.5) is 0 Å². The van der Waals surface area contributed by atoms with Gasteiger partial charge in [0.2, 0.25) is 0 Å². The Labute approximate surface area is 163 Å². The van der Waals surface area contributed by atoms with E-state index in [0.717, 1.165) is 11.5 Å². The van der Waals surface area contributed by atoms with Gasteiger partial charge in [-0.3, -0.25) is 0 Å². The van der Waals surface area contributed by atoms with Crippen molar-refractivity contribution in [3.8, 4) is 11.5 Å². The first kappa shape index (κ1) is 15.5. The summed E-state index contributed by atoms with van der Waals surface area (Å²) in [4.78, 5) is 0. The Morgan fingerprint density at radius 2 is 2.11 bits per heavy atom. The van der Waals surface area contributed by atoms with Crippen LogP contribution in [0.2, 0.25) is 6.82 Å². The molecule has 0 saturated carbocycles. The summed E-state index contributed by atoms with van der Waals surface area (Å²) in [7, 11) is 0. The maximum atomic E-state index is 5.78. The zero-order valence-electron chi connectivity index (χ0n) is 11.6. The van der Waals surface area contributed by atoms with Crippen LogP contribution in [0.5, 0.6) is 11.5 Å². The van der Waals surface area contributed by atoms with Crippen molar-refractivity contribution < 1.29 is 67.6 Å². The molecular weight excluding hydrogens is 308 g/mol. The van der Waals surface area contributed by atoms with Crippen LogP contribution in [-0.2, 0) is 11.3 Å². The van der Waals surface area contributed by atoms with Gasteiger partial charge in [0.15, 0.2) is 0 Å². The van der Waals surface area contributed by atoms with Gasteiger partial charge in [-0.15, -0.1) is 12.1 Å². The van der Waals surface area contributed by atoms with E-state index in [-0.39, 0.29) is 65.1 Å². The molecule has 0 saturated heterocycles. The number of hydrogen-bond donors (Lipinski definition) is 0. The van der Waals surface area contributed by atoms with Crippen molar-refractivity contribution in [3.63, 3.8) is 0 Å². The maximum Gasteiger partial charge on any atom is 1.00 e. The molecule has 3 rings (SSSR count). The van der Waals surface area contributed by atoms with E-state index >= 15 is 0 Å². The second-order valence-electron chi connectivity index (χ2n) is 4.65. The Balaban J connectivity index is 0.00000133. The summed E-state index contributed by atoms with van der Waals surface area (Å²) in [6.07, 6.45) is 0. The summed E-state index contributed by atoms with van der Waals surface area (Å²) in [5.41, 5.74) is 3.65. The fourth-order valence-electron chi connectivity index (χ4n) is 2.15. The summed E-state index contributed by atoms with van der Waals surface area (Å²) in [5, 5.41) is 0. The minimum atomic E-state index is 0. The van der Waals surface area contributed by atoms with E-state index in [9.17, 15) is 0 Å². The van der Waals surface area contributed by atoms with E-state index in [4.69, 9.17) is 9.39 Å². The molecule has 1 aliphatic heterocycles. The van der Waals surface area contributed by atoms with Crippen LogP contribution < -0.4 is 68.4 Å². The van der Waals surface area contributed by atoms with Gasteiger partial charge >= 0.3 is 65.1 Å². The quantitative estimate of drug-likeness (QED) is 0.570. The Kier molecular flexibility index (Phi) is 5.44. The Morgan fingerprint density at radius 1 is 1.26 bits per heavy atom. The molecule has 0 N–H and O–H groups in total. The predicted molar refractivity (Wildman–Crippen MR) is 72.6 cm³/mol. The van der Waals surface area contributed by atoms with E-state index < -0.39 is 0 Å². The van der Waals surface area contributed by atoms with Crippen molar-refractivity contribution in [1.82, 2.24) is 0 Å². The molecule has 19 heavy (non-hydrogen) atoms. The van der Waals surface area contributed by atoms with E-state index in [1.54, 1.807) is 0 Å². The van der Waals surface area contributed by atoms with Crippen molar-refractivity contribution in [1.29, 1.82) is 0 Å². The number of ether oxygens (including phenoxy) is 1. The third kappa shape index (κ3) is 3.59. The zero-order chi connectivity index (χ0) is 12.5. The molecule has 0 amide bonds. The smallest absolute Gasteiger partial charge is 0.483 e. The molecule has 2 aromatic carbocycles. The first-order chi connectivity index (χ1) is 8.72. The number of fused-ring (bicyclic) bond motifs is 1. The van der Waals surface area contributed by atoms with E-state index in [2.05, 4.69) is 19.0 Å². The molecule has 2 nitrogen and oxygen atoms in total. The van der Waals surface area contributed by atoms with Gasteiger partial charge in [0.25, 0.3) is 0 Å². The normalized spacial score (nSPS) is 12.8. The van der Waals surface area contributed by atoms with Gasteiger partial charge in [0.1, 0.15) is 5.75 Å². The van der Waals surface area contributed by atoms with Crippen LogP contribution in [0, 0.1) is 13.0 Å². The van der Waals surface area contributed by atoms with Crippen LogP contribution in [0.15, 0.2) is 36.4 Å². The molecule has 1 aliphatic rings. The van der Waals surface area contributed by atoms with Crippen molar-refractivity contribution in [2.24, 2.45) is 0 Å². The SMILES string of the molecule is CB1OCc2cc(Oc3[c-]cc(C)cc3)ccc21.[Rb+]. The summed E-state index contributed by atoms with van der Waals surface area (Å²) in [6.45, 7) is 4.97. The van der Waals surface area contributed by atoms with Crippen molar-refractivity contribution in [2.75, 3.05) is 0 Å². The van der Waals surface area contributed by atoms with Crippen LogP contribution in [0.25, 0.3) is 0 Å². The number of hydrogen-bond acceptors (Lipinski definition) is 2. The largest absolute Gasteiger partial charge is 1.00 e. The molecule has 0 bridgehead atoms. The van der Waals surface area contributed by atoms with Gasteiger partial charge in [-0.05, 0) is 23.2 Å². The molecule has 0 atom stereocenters. The molecule has 2 aromatic rings. The average Bonchev–Trinajstić information content (AvgIpc) is 2.74. The van der Waals surface area contributed by atoms with Crippen molar-refractivity contribution in [2.45, 2.75) is 20.4 Å². The minimum Gasteiger partial charge on any atom is -0.483 e. The maximum absolute atomic E-state index is 5.78. The van der Waals surface area contributed by atoms with Gasteiger partial charge in [-0.2, -0.15) is 17.7 Å². The van der Waals surface area contributed by atoms with Gasteiger partial charge in [-0.1, -0.05) is 19.8 Å². The van der Waals surface area contributed by atoms with Crippen LogP contribution in [0.3, 0.4) is 0 Å². The fraction of sp³-hybridized carbons (Fsp3) is 0.200. The molecule has 0 fully saturated rings. The molecule has 90 valence electrons. The van der Waals surface area contributed by atoms with Crippen molar-refractivity contribution in [3.05, 3.63) is 53.6 Å². The fourth-order valence-corrected chi connectivity index (χ4v) is 2.15. The third-order valence-electron chi connectivity index (χ3n) is 3.21. The molecule has 0 aliphatic carbocycles. The summed E-state index contributed by atoms with van der Waals surface area (Å²) in [6, 6.07) is 15.1. The van der Waals surface area contributed by atoms with E-state index in [1.807, 2.05) is 37.3 Å². The molecule has 0 unspecified atom stereocenters. The van der Waals surface area contributed by atoms with Crippen LogP contribution in [0.1, 0.15) is 11.1 Å². The van der Waals surface area contributed by atoms with E-state index in [1.165, 1.54) is 16.6 Å². The summed E-state index contributed by atoms with van der Waals surface area (Å²) >= 11 is 0. The van der Waals surface area contributed by atoms with E-state index in [0.29, 0.717) is 6.61 Å². The van der Waals surface area contributed by atoms with Gasteiger partial charge in [-0.25, -0.2) is 0 Å². The average molecular weight is 323 g/mol. The first-order valence-corrected chi connectivity index (χ1v) is 6.13. The van der Waals surface area contributed by atoms with Crippen LogP contribution in [-0.4, -0.2) is 6.92 Å². The third-order valence-corrected chi connectivity index (χ3v) is 3.21. The number of benzene rings is 2. The second kappa shape index (κ2) is 6.68. The van der Waals surface area contributed by atoms with Gasteiger partial charge in [0, 0.05) is 5.75 Å². The van der Waals surface area contributed by atoms with Crippen LogP contribution >= 0.6 is 0 Å². The summed E-state index contributed by atoms with van der Waals surface area (Å²) < 4.78 is 11.4. The van der Waals surface area contributed by atoms with Crippen molar-refractivity contribution >= 4 is 12.4 Å². The summed E-state index contributed by atoms with van der Waals surface area (Å²) in [5.74, 6) is 1.58. The molecule has 4 heteroatoms. The molecule has 1 heterocycles. The van der Waals surface area contributed by atoms with Gasteiger partial charge < -0.3 is 9.39 Å². The molecule has 0 radical (unpaired) electrons. The minimum absolute atomic E-state index is 0. The Hall–Kier alpha value is 0.0701. The Morgan fingerprint density at radius 3 is 2.84 bits per heavy atom. The molecule has 0 aromatic heterocycles. The standard InChI is InChI=1S/C15H14BO2.Rb/c1-11-3-5-13(6-4-11)18-14-7-8-15-12(9-14)10-17-16(15)2;/h3-5,7-9H,10H2,1-2H3;/q-1;+1. The number of aryl methyl sites for hydroxylation is 1. The monoisotopic (exact) mass is 322 g/mol. The topological polar surface area (TPSA) is 18.5 Å². The van der Waals surface area contributed by atoms with Gasteiger partial charge in [0.05, 0.1) is 6.61 Å². The Bertz CT molecular complexity index is 569.